The third-order valence-electron chi connectivity index (χ3n) is 6.53. The van der Waals surface area contributed by atoms with E-state index < -0.39 is 18.1 Å². The number of ether oxygens (including phenoxy) is 2. The molecule has 190 valence electrons. The van der Waals surface area contributed by atoms with E-state index >= 15 is 4.39 Å². The van der Waals surface area contributed by atoms with Crippen LogP contribution in [-0.2, 0) is 11.3 Å². The van der Waals surface area contributed by atoms with Gasteiger partial charge in [-0.1, -0.05) is 0 Å². The first kappa shape index (κ1) is 24.3. The summed E-state index contributed by atoms with van der Waals surface area (Å²) in [5.74, 6) is 0.421. The SMILES string of the molecule is COc1cc(F)c2nccc([C@@H](O)CN3CC[C@@H](NCc4ccc5c(n4)NC(=O)CO5)[C@@H](F)C3)c2c1. The molecular formula is C25H27F2N5O4. The molecule has 0 spiro atoms. The molecule has 3 atom stereocenters. The molecule has 3 aromatic rings. The molecule has 1 saturated heterocycles. The van der Waals surface area contributed by atoms with Gasteiger partial charge in [-0.3, -0.25) is 14.7 Å². The standard InChI is InChI=1S/C25H27F2N5O4/c1-35-15-8-17-16(4-6-28-24(17)18(26)9-15)21(33)12-32-7-5-20(19(27)11-32)29-10-14-2-3-22-25(30-14)31-23(34)13-36-22/h2-4,6,8-9,19-21,29,33H,5,7,10-13H2,1H3,(H,30,31,34)/t19-,20+,21-/m0/s1. The minimum atomic E-state index is -1.15. The summed E-state index contributed by atoms with van der Waals surface area (Å²) in [7, 11) is 1.44. The van der Waals surface area contributed by atoms with Crippen LogP contribution >= 0.6 is 0 Å². The van der Waals surface area contributed by atoms with Crippen molar-refractivity contribution >= 4 is 22.6 Å². The van der Waals surface area contributed by atoms with E-state index in [1.165, 1.54) is 19.4 Å². The van der Waals surface area contributed by atoms with E-state index in [2.05, 4.69) is 20.6 Å². The highest BCUT2D eigenvalue weighted by Gasteiger charge is 2.30. The quantitative estimate of drug-likeness (QED) is 0.455. The Hall–Kier alpha value is -3.41. The number of methoxy groups -OCH3 is 1. The van der Waals surface area contributed by atoms with Gasteiger partial charge in [0.2, 0.25) is 0 Å². The molecule has 0 aliphatic carbocycles. The second-order valence-electron chi connectivity index (χ2n) is 8.96. The highest BCUT2D eigenvalue weighted by atomic mass is 19.1. The second kappa shape index (κ2) is 10.3. The van der Waals surface area contributed by atoms with Crippen molar-refractivity contribution in [2.24, 2.45) is 0 Å². The third kappa shape index (κ3) is 5.08. The number of aliphatic hydroxyl groups is 1. The number of carbonyl (C=O) groups excluding carboxylic acids is 1. The predicted molar refractivity (Wildman–Crippen MR) is 128 cm³/mol. The number of pyridine rings is 2. The normalized spacial score (nSPS) is 20.9. The Bertz CT molecular complexity index is 1280. The van der Waals surface area contributed by atoms with Gasteiger partial charge in [-0.05, 0) is 42.8 Å². The monoisotopic (exact) mass is 499 g/mol. The first-order valence-electron chi connectivity index (χ1n) is 11.7. The number of aromatic nitrogens is 2. The maximum absolute atomic E-state index is 15.0. The average Bonchev–Trinajstić information content (AvgIpc) is 2.87. The number of alkyl halides is 1. The first-order chi connectivity index (χ1) is 17.4. The van der Waals surface area contributed by atoms with Gasteiger partial charge in [0.1, 0.15) is 17.4 Å². The van der Waals surface area contributed by atoms with Crippen LogP contribution in [0.3, 0.4) is 0 Å². The molecule has 0 unspecified atom stereocenters. The number of anilines is 1. The number of β-amino-alcohol motifs (C(OH)–C–C–N with tert-alkyl or cyclic N) is 1. The summed E-state index contributed by atoms with van der Waals surface area (Å²) < 4.78 is 39.9. The van der Waals surface area contributed by atoms with Crippen molar-refractivity contribution in [1.82, 2.24) is 20.2 Å². The highest BCUT2D eigenvalue weighted by Crippen LogP contribution is 2.30. The number of hydrogen-bond acceptors (Lipinski definition) is 8. The van der Waals surface area contributed by atoms with Crippen LogP contribution in [0.15, 0.2) is 36.5 Å². The third-order valence-corrected chi connectivity index (χ3v) is 6.53. The van der Waals surface area contributed by atoms with Crippen LogP contribution in [0.4, 0.5) is 14.6 Å². The van der Waals surface area contributed by atoms with E-state index in [0.29, 0.717) is 53.5 Å². The van der Waals surface area contributed by atoms with Gasteiger partial charge in [0.15, 0.2) is 24.0 Å². The first-order valence-corrected chi connectivity index (χ1v) is 11.7. The average molecular weight is 500 g/mol. The van der Waals surface area contributed by atoms with Crippen LogP contribution in [0, 0.1) is 5.82 Å². The molecule has 1 amide bonds. The lowest BCUT2D eigenvalue weighted by Gasteiger charge is -2.36. The van der Waals surface area contributed by atoms with Crippen LogP contribution in [-0.4, -0.2) is 71.4 Å². The second-order valence-corrected chi connectivity index (χ2v) is 8.96. The topological polar surface area (TPSA) is 109 Å². The Balaban J connectivity index is 1.19. The molecule has 36 heavy (non-hydrogen) atoms. The minimum absolute atomic E-state index is 0.0362. The molecule has 5 rings (SSSR count). The van der Waals surface area contributed by atoms with E-state index in [1.54, 1.807) is 24.3 Å². The number of fused-ring (bicyclic) bond motifs is 2. The van der Waals surface area contributed by atoms with Gasteiger partial charge >= 0.3 is 0 Å². The summed E-state index contributed by atoms with van der Waals surface area (Å²) in [5.41, 5.74) is 1.33. The van der Waals surface area contributed by atoms with Gasteiger partial charge in [-0.2, -0.15) is 0 Å². The Morgan fingerprint density at radius 1 is 1.36 bits per heavy atom. The number of nitrogens with one attached hydrogen (secondary N) is 2. The van der Waals surface area contributed by atoms with Crippen LogP contribution in [0.5, 0.6) is 11.5 Å². The lowest BCUT2D eigenvalue weighted by molar-refractivity contribution is -0.118. The van der Waals surface area contributed by atoms with E-state index in [9.17, 15) is 14.3 Å². The predicted octanol–water partition coefficient (Wildman–Crippen LogP) is 2.34. The molecule has 0 radical (unpaired) electrons. The lowest BCUT2D eigenvalue weighted by Crippen LogP contribution is -2.51. The molecular weight excluding hydrogens is 472 g/mol. The molecule has 2 aromatic heterocycles. The zero-order chi connectivity index (χ0) is 25.2. The van der Waals surface area contributed by atoms with Crippen molar-refractivity contribution in [3.05, 3.63) is 53.6 Å². The lowest BCUT2D eigenvalue weighted by atomic mass is 10.00. The fourth-order valence-corrected chi connectivity index (χ4v) is 4.66. The van der Waals surface area contributed by atoms with Crippen molar-refractivity contribution < 1.29 is 28.2 Å². The van der Waals surface area contributed by atoms with Crippen molar-refractivity contribution in [2.75, 3.05) is 38.7 Å². The molecule has 1 fully saturated rings. The molecule has 2 aliphatic heterocycles. The summed E-state index contributed by atoms with van der Waals surface area (Å²) >= 11 is 0. The fourth-order valence-electron chi connectivity index (χ4n) is 4.66. The van der Waals surface area contributed by atoms with Crippen molar-refractivity contribution in [1.29, 1.82) is 0 Å². The molecule has 1 aromatic carbocycles. The van der Waals surface area contributed by atoms with Crippen molar-refractivity contribution in [3.63, 3.8) is 0 Å². The molecule has 2 aliphatic rings. The van der Waals surface area contributed by atoms with Gasteiger partial charge in [-0.15, -0.1) is 0 Å². The Kier molecular flexibility index (Phi) is 6.95. The molecule has 3 N–H and O–H groups in total. The maximum atomic E-state index is 15.0. The number of halogens is 2. The Morgan fingerprint density at radius 2 is 2.22 bits per heavy atom. The number of hydrogen-bond donors (Lipinski definition) is 3. The van der Waals surface area contributed by atoms with E-state index in [-0.39, 0.29) is 37.2 Å². The van der Waals surface area contributed by atoms with Gasteiger partial charge in [0.25, 0.3) is 5.91 Å². The smallest absolute Gasteiger partial charge is 0.263 e. The Labute approximate surface area is 206 Å². The number of nitrogens with zero attached hydrogens (tertiary/aromatic N) is 3. The maximum Gasteiger partial charge on any atom is 0.263 e. The summed E-state index contributed by atoms with van der Waals surface area (Å²) in [6, 6.07) is 7.68. The van der Waals surface area contributed by atoms with Crippen LogP contribution in [0.2, 0.25) is 0 Å². The van der Waals surface area contributed by atoms with E-state index in [1.807, 2.05) is 4.90 Å². The number of amides is 1. The van der Waals surface area contributed by atoms with Crippen LogP contribution < -0.4 is 20.1 Å². The molecule has 9 nitrogen and oxygen atoms in total. The minimum Gasteiger partial charge on any atom is -0.497 e. The van der Waals surface area contributed by atoms with Crippen molar-refractivity contribution in [3.8, 4) is 11.5 Å². The van der Waals surface area contributed by atoms with Crippen LogP contribution in [0.1, 0.15) is 23.8 Å². The Morgan fingerprint density at radius 3 is 3.03 bits per heavy atom. The summed E-state index contributed by atoms with van der Waals surface area (Å²) in [6.07, 6.45) is -0.108. The van der Waals surface area contributed by atoms with E-state index in [0.717, 1.165) is 0 Å². The number of piperidine rings is 1. The summed E-state index contributed by atoms with van der Waals surface area (Å²) in [4.78, 5) is 21.8. The number of likely N-dealkylation sites (tertiary alicyclic amines) is 1. The van der Waals surface area contributed by atoms with E-state index in [4.69, 9.17) is 9.47 Å². The largest absolute Gasteiger partial charge is 0.497 e. The number of carbonyl (C=O) groups is 1. The highest BCUT2D eigenvalue weighted by molar-refractivity contribution is 5.94. The van der Waals surface area contributed by atoms with Gasteiger partial charge in [-0.25, -0.2) is 13.8 Å². The van der Waals surface area contributed by atoms with Crippen LogP contribution in [0.25, 0.3) is 10.9 Å². The number of aliphatic hydroxyl groups excluding tert-OH is 1. The zero-order valence-electron chi connectivity index (χ0n) is 19.7. The van der Waals surface area contributed by atoms with Crippen molar-refractivity contribution in [2.45, 2.75) is 31.3 Å². The number of benzene rings is 1. The molecule has 4 heterocycles. The number of rotatable bonds is 7. The van der Waals surface area contributed by atoms with Gasteiger partial charge in [0.05, 0.1) is 18.9 Å². The molecule has 0 saturated carbocycles. The fraction of sp³-hybridized carbons (Fsp3) is 0.400. The zero-order valence-corrected chi connectivity index (χ0v) is 19.7. The molecule has 11 heteroatoms. The van der Waals surface area contributed by atoms with Gasteiger partial charge in [0, 0.05) is 43.3 Å². The summed E-state index contributed by atoms with van der Waals surface area (Å²) in [5, 5.41) is 17.3. The molecule has 0 bridgehead atoms. The summed E-state index contributed by atoms with van der Waals surface area (Å²) in [6.45, 7) is 1.24. The van der Waals surface area contributed by atoms with Gasteiger partial charge < -0.3 is 25.2 Å².